The van der Waals surface area contributed by atoms with Crippen molar-refractivity contribution in [3.63, 3.8) is 0 Å². The number of benzene rings is 1. The van der Waals surface area contributed by atoms with Gasteiger partial charge in [0.2, 0.25) is 5.88 Å². The summed E-state index contributed by atoms with van der Waals surface area (Å²) >= 11 is 0. The Balaban J connectivity index is 1.77. The van der Waals surface area contributed by atoms with E-state index in [0.717, 1.165) is 19.3 Å². The van der Waals surface area contributed by atoms with Gasteiger partial charge < -0.3 is 9.47 Å². The lowest BCUT2D eigenvalue weighted by Crippen LogP contribution is -2.16. The highest BCUT2D eigenvalue weighted by atomic mass is 16.5. The third kappa shape index (κ3) is 2.86. The van der Waals surface area contributed by atoms with E-state index in [9.17, 15) is 4.79 Å². The predicted octanol–water partition coefficient (Wildman–Crippen LogP) is 2.72. The molecule has 21 heavy (non-hydrogen) atoms. The molecule has 1 atom stereocenters. The number of aryl methyl sites for hydroxylation is 1. The second-order valence-corrected chi connectivity index (χ2v) is 4.93. The predicted molar refractivity (Wildman–Crippen MR) is 76.1 cm³/mol. The molecule has 0 radical (unpaired) electrons. The van der Waals surface area contributed by atoms with Crippen molar-refractivity contribution in [3.8, 4) is 5.88 Å². The Bertz CT molecular complexity index is 640. The topological polar surface area (TPSA) is 61.3 Å². The minimum Gasteiger partial charge on any atom is -0.468 e. The molecule has 1 aliphatic carbocycles. The number of hydrogen-bond acceptors (Lipinski definition) is 5. The van der Waals surface area contributed by atoms with Crippen LogP contribution in [0.25, 0.3) is 0 Å². The van der Waals surface area contributed by atoms with Crippen LogP contribution in [0.2, 0.25) is 0 Å². The maximum Gasteiger partial charge on any atom is 0.358 e. The molecule has 2 aromatic rings. The number of hydrogen-bond donors (Lipinski definition) is 0. The first-order valence-electron chi connectivity index (χ1n) is 6.93. The molecular formula is C16H16N2O3. The maximum absolute atomic E-state index is 11.3. The van der Waals surface area contributed by atoms with Crippen molar-refractivity contribution in [2.75, 3.05) is 7.11 Å². The fraction of sp³-hybridized carbons (Fsp3) is 0.312. The molecule has 0 fully saturated rings. The number of rotatable bonds is 3. The van der Waals surface area contributed by atoms with E-state index in [4.69, 9.17) is 4.74 Å². The van der Waals surface area contributed by atoms with Crippen LogP contribution in [-0.2, 0) is 11.2 Å². The highest BCUT2D eigenvalue weighted by molar-refractivity contribution is 5.86. The van der Waals surface area contributed by atoms with Gasteiger partial charge in [-0.3, -0.25) is 0 Å². The number of nitrogens with zero attached hydrogens (tertiary/aromatic N) is 2. The number of fused-ring (bicyclic) bond motifs is 1. The molecule has 108 valence electrons. The summed E-state index contributed by atoms with van der Waals surface area (Å²) in [6.07, 6.45) is 5.96. The van der Waals surface area contributed by atoms with Gasteiger partial charge in [0.1, 0.15) is 6.10 Å². The van der Waals surface area contributed by atoms with Gasteiger partial charge in [0, 0.05) is 0 Å². The second kappa shape index (κ2) is 5.91. The van der Waals surface area contributed by atoms with Crippen LogP contribution in [0.5, 0.6) is 5.88 Å². The largest absolute Gasteiger partial charge is 0.468 e. The number of ether oxygens (including phenoxy) is 2. The maximum atomic E-state index is 11.3. The summed E-state index contributed by atoms with van der Waals surface area (Å²) in [5.74, 6) is -0.0820. The zero-order valence-corrected chi connectivity index (χ0v) is 11.8. The molecule has 5 heteroatoms. The molecule has 1 aliphatic rings. The quantitative estimate of drug-likeness (QED) is 0.811. The van der Waals surface area contributed by atoms with E-state index in [1.807, 2.05) is 12.1 Å². The van der Waals surface area contributed by atoms with Gasteiger partial charge in [0.05, 0.1) is 19.5 Å². The smallest absolute Gasteiger partial charge is 0.358 e. The molecule has 0 aliphatic heterocycles. The Morgan fingerprint density at radius 2 is 2.10 bits per heavy atom. The summed E-state index contributed by atoms with van der Waals surface area (Å²) in [4.78, 5) is 19.5. The van der Waals surface area contributed by atoms with Crippen molar-refractivity contribution in [2.24, 2.45) is 0 Å². The number of methoxy groups -OCH3 is 1. The second-order valence-electron chi connectivity index (χ2n) is 4.93. The van der Waals surface area contributed by atoms with Gasteiger partial charge in [-0.05, 0) is 30.4 Å². The Morgan fingerprint density at radius 3 is 2.86 bits per heavy atom. The van der Waals surface area contributed by atoms with E-state index in [1.54, 1.807) is 0 Å². The first kappa shape index (κ1) is 13.5. The molecule has 0 saturated heterocycles. The summed E-state index contributed by atoms with van der Waals surface area (Å²) in [7, 11) is 1.31. The van der Waals surface area contributed by atoms with Crippen LogP contribution in [0, 0.1) is 0 Å². The van der Waals surface area contributed by atoms with E-state index in [-0.39, 0.29) is 11.8 Å². The number of carbonyl (C=O) groups excluding carboxylic acids is 1. The van der Waals surface area contributed by atoms with E-state index >= 15 is 0 Å². The summed E-state index contributed by atoms with van der Waals surface area (Å²) in [6.45, 7) is 0. The van der Waals surface area contributed by atoms with Crippen LogP contribution in [0.15, 0.2) is 36.7 Å². The molecule has 1 heterocycles. The number of carbonyl (C=O) groups is 1. The van der Waals surface area contributed by atoms with Crippen molar-refractivity contribution in [1.29, 1.82) is 0 Å². The Morgan fingerprint density at radius 1 is 1.24 bits per heavy atom. The molecule has 0 saturated carbocycles. The zero-order chi connectivity index (χ0) is 14.7. The lowest BCUT2D eigenvalue weighted by molar-refractivity contribution is 0.0593. The zero-order valence-electron chi connectivity index (χ0n) is 11.8. The van der Waals surface area contributed by atoms with E-state index in [0.29, 0.717) is 5.88 Å². The van der Waals surface area contributed by atoms with Gasteiger partial charge in [0.25, 0.3) is 0 Å². The third-order valence-corrected chi connectivity index (χ3v) is 3.60. The molecule has 1 unspecified atom stereocenters. The average Bonchev–Trinajstić information content (AvgIpc) is 2.55. The Hall–Kier alpha value is -2.43. The van der Waals surface area contributed by atoms with Crippen LogP contribution in [-0.4, -0.2) is 23.0 Å². The molecule has 0 N–H and O–H groups in total. The van der Waals surface area contributed by atoms with Crippen LogP contribution in [0.3, 0.4) is 0 Å². The Kier molecular flexibility index (Phi) is 3.81. The van der Waals surface area contributed by atoms with Crippen LogP contribution >= 0.6 is 0 Å². The van der Waals surface area contributed by atoms with Gasteiger partial charge in [0.15, 0.2) is 5.69 Å². The van der Waals surface area contributed by atoms with Gasteiger partial charge in [-0.25, -0.2) is 14.8 Å². The SMILES string of the molecule is COC(=O)c1cnc(OC2CCCc3ccccc32)cn1. The molecular weight excluding hydrogens is 268 g/mol. The van der Waals surface area contributed by atoms with Crippen molar-refractivity contribution < 1.29 is 14.3 Å². The number of aromatic nitrogens is 2. The number of esters is 1. The first-order chi connectivity index (χ1) is 10.3. The monoisotopic (exact) mass is 284 g/mol. The molecule has 1 aromatic carbocycles. The summed E-state index contributed by atoms with van der Waals surface area (Å²) in [5, 5.41) is 0. The highest BCUT2D eigenvalue weighted by Crippen LogP contribution is 2.32. The fourth-order valence-corrected chi connectivity index (χ4v) is 2.56. The van der Waals surface area contributed by atoms with E-state index < -0.39 is 5.97 Å². The summed E-state index contributed by atoms with van der Waals surface area (Å²) in [6, 6.07) is 8.30. The minimum atomic E-state index is -0.503. The summed E-state index contributed by atoms with van der Waals surface area (Å²) in [5.41, 5.74) is 2.71. The van der Waals surface area contributed by atoms with Gasteiger partial charge >= 0.3 is 5.97 Å². The van der Waals surface area contributed by atoms with Crippen molar-refractivity contribution in [1.82, 2.24) is 9.97 Å². The van der Waals surface area contributed by atoms with E-state index in [2.05, 4.69) is 26.8 Å². The molecule has 0 spiro atoms. The molecule has 0 amide bonds. The fourth-order valence-electron chi connectivity index (χ4n) is 2.56. The van der Waals surface area contributed by atoms with E-state index in [1.165, 1.54) is 30.6 Å². The lowest BCUT2D eigenvalue weighted by Gasteiger charge is -2.25. The van der Waals surface area contributed by atoms with Crippen LogP contribution in [0.4, 0.5) is 0 Å². The lowest BCUT2D eigenvalue weighted by atomic mass is 9.89. The molecule has 0 bridgehead atoms. The van der Waals surface area contributed by atoms with Crippen molar-refractivity contribution in [3.05, 3.63) is 53.5 Å². The van der Waals surface area contributed by atoms with Crippen molar-refractivity contribution >= 4 is 5.97 Å². The van der Waals surface area contributed by atoms with Crippen LogP contribution in [0.1, 0.15) is 40.6 Å². The highest BCUT2D eigenvalue weighted by Gasteiger charge is 2.21. The van der Waals surface area contributed by atoms with Gasteiger partial charge in [-0.1, -0.05) is 24.3 Å². The third-order valence-electron chi connectivity index (χ3n) is 3.60. The first-order valence-corrected chi connectivity index (χ1v) is 6.93. The molecule has 3 rings (SSSR count). The van der Waals surface area contributed by atoms with Gasteiger partial charge in [-0.2, -0.15) is 0 Å². The minimum absolute atomic E-state index is 0.00627. The van der Waals surface area contributed by atoms with Crippen LogP contribution < -0.4 is 4.74 Å². The summed E-state index contributed by atoms with van der Waals surface area (Å²) < 4.78 is 10.5. The van der Waals surface area contributed by atoms with Crippen molar-refractivity contribution in [2.45, 2.75) is 25.4 Å². The molecule has 5 nitrogen and oxygen atoms in total. The standard InChI is InChI=1S/C16H16N2O3/c1-20-16(19)13-9-18-15(10-17-13)21-14-8-4-6-11-5-2-3-7-12(11)14/h2-3,5,7,9-10,14H,4,6,8H2,1H3. The Labute approximate surface area is 123 Å². The average molecular weight is 284 g/mol. The normalized spacial score (nSPS) is 16.9. The van der Waals surface area contributed by atoms with Gasteiger partial charge in [-0.15, -0.1) is 0 Å². The molecule has 1 aromatic heterocycles.